The quantitative estimate of drug-likeness (QED) is 0.504. The van der Waals surface area contributed by atoms with Crippen LogP contribution in [0.1, 0.15) is 4.88 Å². The number of aryl methyl sites for hydroxylation is 1. The number of anilines is 3. The zero-order valence-corrected chi connectivity index (χ0v) is 11.2. The molecule has 0 saturated heterocycles. The van der Waals surface area contributed by atoms with Gasteiger partial charge in [0.15, 0.2) is 0 Å². The minimum absolute atomic E-state index is 0.410. The zero-order valence-electron chi connectivity index (χ0n) is 10.3. The lowest BCUT2D eigenvalue weighted by Crippen LogP contribution is -2.11. The Morgan fingerprint density at radius 2 is 1.95 bits per heavy atom. The van der Waals surface area contributed by atoms with Gasteiger partial charge in [0.05, 0.1) is 5.39 Å². The van der Waals surface area contributed by atoms with Crippen LogP contribution in [0, 0.1) is 6.92 Å². The highest BCUT2D eigenvalue weighted by molar-refractivity contribution is 7.18. The van der Waals surface area contributed by atoms with E-state index in [1.165, 1.54) is 4.88 Å². The van der Waals surface area contributed by atoms with Crippen LogP contribution in [0.25, 0.3) is 10.2 Å². The van der Waals surface area contributed by atoms with Crippen molar-refractivity contribution in [2.75, 3.05) is 10.7 Å². The van der Waals surface area contributed by atoms with Crippen LogP contribution >= 0.6 is 11.3 Å². The molecule has 2 heterocycles. The predicted octanol–water partition coefficient (Wildman–Crippen LogP) is 3.03. The number of hydrazine groups is 1. The summed E-state index contributed by atoms with van der Waals surface area (Å²) in [5.41, 5.74) is 3.48. The number of rotatable bonds is 3. The monoisotopic (exact) mass is 271 g/mol. The van der Waals surface area contributed by atoms with Crippen LogP contribution in [0.2, 0.25) is 0 Å². The molecule has 0 saturated carbocycles. The zero-order chi connectivity index (χ0) is 13.2. The van der Waals surface area contributed by atoms with Crippen LogP contribution in [0.15, 0.2) is 36.4 Å². The fourth-order valence-electron chi connectivity index (χ4n) is 1.86. The van der Waals surface area contributed by atoms with E-state index in [2.05, 4.69) is 26.8 Å². The molecule has 0 fully saturated rings. The van der Waals surface area contributed by atoms with Gasteiger partial charge in [-0.15, -0.1) is 11.3 Å². The molecule has 4 N–H and O–H groups in total. The molecule has 19 heavy (non-hydrogen) atoms. The Bertz CT molecular complexity index is 708. The lowest BCUT2D eigenvalue weighted by Gasteiger charge is -2.08. The molecule has 5 nitrogen and oxygen atoms in total. The Hall–Kier alpha value is -2.18. The first-order valence-electron chi connectivity index (χ1n) is 5.83. The van der Waals surface area contributed by atoms with Crippen LogP contribution in [0.4, 0.5) is 17.5 Å². The van der Waals surface area contributed by atoms with Crippen molar-refractivity contribution in [3.8, 4) is 0 Å². The van der Waals surface area contributed by atoms with E-state index in [1.807, 2.05) is 37.3 Å². The molecule has 0 spiro atoms. The van der Waals surface area contributed by atoms with Gasteiger partial charge in [-0.05, 0) is 25.1 Å². The van der Waals surface area contributed by atoms with E-state index in [9.17, 15) is 0 Å². The number of nitrogen functional groups attached to an aromatic ring is 1. The van der Waals surface area contributed by atoms with Crippen molar-refractivity contribution < 1.29 is 0 Å². The predicted molar refractivity (Wildman–Crippen MR) is 79.7 cm³/mol. The fraction of sp³-hybridized carbons (Fsp3) is 0.0769. The molecule has 1 aromatic carbocycles. The Kier molecular flexibility index (Phi) is 3.02. The van der Waals surface area contributed by atoms with Crippen molar-refractivity contribution in [3.63, 3.8) is 0 Å². The molecule has 0 radical (unpaired) electrons. The second-order valence-corrected chi connectivity index (χ2v) is 5.34. The lowest BCUT2D eigenvalue weighted by atomic mass is 10.3. The molecule has 96 valence electrons. The minimum Gasteiger partial charge on any atom is -0.340 e. The molecule has 3 rings (SSSR count). The summed E-state index contributed by atoms with van der Waals surface area (Å²) in [5, 5.41) is 4.30. The fourth-order valence-corrected chi connectivity index (χ4v) is 2.74. The number of para-hydroxylation sites is 1. The molecular formula is C13H13N5S. The van der Waals surface area contributed by atoms with Crippen molar-refractivity contribution in [2.45, 2.75) is 6.92 Å². The third kappa shape index (κ3) is 2.35. The maximum absolute atomic E-state index is 5.41. The number of hydrogen-bond acceptors (Lipinski definition) is 6. The van der Waals surface area contributed by atoms with E-state index in [0.29, 0.717) is 5.95 Å². The average Bonchev–Trinajstić information content (AvgIpc) is 2.80. The molecular weight excluding hydrogens is 258 g/mol. The number of aromatic nitrogens is 2. The van der Waals surface area contributed by atoms with Crippen LogP contribution in [0.3, 0.4) is 0 Å². The summed E-state index contributed by atoms with van der Waals surface area (Å²) in [5.74, 6) is 6.58. The maximum atomic E-state index is 5.41. The molecule has 6 heteroatoms. The molecule has 3 aromatic rings. The highest BCUT2D eigenvalue weighted by Gasteiger charge is 2.10. The Morgan fingerprint density at radius 1 is 1.16 bits per heavy atom. The van der Waals surface area contributed by atoms with E-state index in [0.717, 1.165) is 21.7 Å². The van der Waals surface area contributed by atoms with Gasteiger partial charge in [0, 0.05) is 10.6 Å². The van der Waals surface area contributed by atoms with Crippen molar-refractivity contribution in [2.24, 2.45) is 5.84 Å². The largest absolute Gasteiger partial charge is 0.340 e. The number of benzene rings is 1. The van der Waals surface area contributed by atoms with Gasteiger partial charge >= 0.3 is 0 Å². The van der Waals surface area contributed by atoms with Gasteiger partial charge in [-0.3, -0.25) is 5.43 Å². The topological polar surface area (TPSA) is 75.9 Å². The summed E-state index contributed by atoms with van der Waals surface area (Å²) in [4.78, 5) is 10.8. The van der Waals surface area contributed by atoms with Crippen molar-refractivity contribution >= 4 is 39.0 Å². The third-order valence-corrected chi connectivity index (χ3v) is 3.63. The summed E-state index contributed by atoms with van der Waals surface area (Å²) in [6.07, 6.45) is 0. The molecule has 0 unspecified atom stereocenters. The van der Waals surface area contributed by atoms with Gasteiger partial charge in [-0.2, -0.15) is 4.98 Å². The smallest absolute Gasteiger partial charge is 0.240 e. The molecule has 0 aliphatic rings. The second kappa shape index (κ2) is 4.83. The average molecular weight is 271 g/mol. The second-order valence-electron chi connectivity index (χ2n) is 4.11. The van der Waals surface area contributed by atoms with E-state index < -0.39 is 0 Å². The number of thiophene rings is 1. The van der Waals surface area contributed by atoms with Crippen LogP contribution in [-0.4, -0.2) is 9.97 Å². The number of nitrogens with zero attached hydrogens (tertiary/aromatic N) is 2. The SMILES string of the molecule is Cc1cc2c(Nc3ccccc3)nc(NN)nc2s1. The van der Waals surface area contributed by atoms with Gasteiger partial charge in [-0.25, -0.2) is 10.8 Å². The summed E-state index contributed by atoms with van der Waals surface area (Å²) < 4.78 is 0. The molecule has 0 amide bonds. The normalized spacial score (nSPS) is 10.6. The first-order chi connectivity index (χ1) is 9.26. The van der Waals surface area contributed by atoms with E-state index in [4.69, 9.17) is 5.84 Å². The first-order valence-corrected chi connectivity index (χ1v) is 6.65. The number of nitrogens with one attached hydrogen (secondary N) is 2. The Morgan fingerprint density at radius 3 is 2.68 bits per heavy atom. The summed E-state index contributed by atoms with van der Waals surface area (Å²) in [6, 6.07) is 12.0. The van der Waals surface area contributed by atoms with Gasteiger partial charge in [-0.1, -0.05) is 18.2 Å². The number of hydrogen-bond donors (Lipinski definition) is 3. The Balaban J connectivity index is 2.10. The van der Waals surface area contributed by atoms with Crippen LogP contribution < -0.4 is 16.6 Å². The van der Waals surface area contributed by atoms with E-state index >= 15 is 0 Å². The van der Waals surface area contributed by atoms with Crippen LogP contribution in [0.5, 0.6) is 0 Å². The summed E-state index contributed by atoms with van der Waals surface area (Å²) >= 11 is 1.62. The molecule has 2 aromatic heterocycles. The van der Waals surface area contributed by atoms with E-state index in [1.54, 1.807) is 11.3 Å². The number of fused-ring (bicyclic) bond motifs is 1. The third-order valence-electron chi connectivity index (χ3n) is 2.68. The van der Waals surface area contributed by atoms with Gasteiger partial charge in [0.25, 0.3) is 0 Å². The van der Waals surface area contributed by atoms with Gasteiger partial charge in [0.1, 0.15) is 10.6 Å². The first kappa shape index (κ1) is 11.9. The van der Waals surface area contributed by atoms with Crippen molar-refractivity contribution in [1.29, 1.82) is 0 Å². The van der Waals surface area contributed by atoms with Crippen molar-refractivity contribution in [1.82, 2.24) is 9.97 Å². The molecule has 0 aliphatic carbocycles. The standard InChI is InChI=1S/C13H13N5S/c1-8-7-10-11(15-9-5-3-2-4-6-9)16-13(18-14)17-12(10)19-8/h2-7H,14H2,1H3,(H2,15,16,17,18). The number of nitrogens with two attached hydrogens (primary N) is 1. The summed E-state index contributed by atoms with van der Waals surface area (Å²) in [6.45, 7) is 2.05. The van der Waals surface area contributed by atoms with Crippen LogP contribution in [-0.2, 0) is 0 Å². The minimum atomic E-state index is 0.410. The summed E-state index contributed by atoms with van der Waals surface area (Å²) in [7, 11) is 0. The highest BCUT2D eigenvalue weighted by atomic mass is 32.1. The van der Waals surface area contributed by atoms with Gasteiger partial charge in [0.2, 0.25) is 5.95 Å². The molecule has 0 bridgehead atoms. The molecule has 0 atom stereocenters. The lowest BCUT2D eigenvalue weighted by molar-refractivity contribution is 1.16. The highest BCUT2D eigenvalue weighted by Crippen LogP contribution is 2.30. The molecule has 0 aliphatic heterocycles. The maximum Gasteiger partial charge on any atom is 0.240 e. The van der Waals surface area contributed by atoms with E-state index in [-0.39, 0.29) is 0 Å². The van der Waals surface area contributed by atoms with Crippen molar-refractivity contribution in [3.05, 3.63) is 41.3 Å². The Labute approximate surface area is 114 Å². The van der Waals surface area contributed by atoms with Gasteiger partial charge < -0.3 is 5.32 Å².